The van der Waals surface area contributed by atoms with Crippen molar-refractivity contribution in [3.63, 3.8) is 0 Å². The molecular formula is C44H32N4O4. The number of rotatable bonds is 4. The molecule has 8 bridgehead atoms. The number of aromatic nitrogens is 4. The van der Waals surface area contributed by atoms with E-state index in [4.69, 9.17) is 0 Å². The summed E-state index contributed by atoms with van der Waals surface area (Å²) in [5.74, 6) is 0.579. The van der Waals surface area contributed by atoms with Crippen molar-refractivity contribution < 1.29 is 20.4 Å². The Hall–Kier alpha value is -7.32. The zero-order chi connectivity index (χ0) is 35.3. The molecule has 4 aromatic heterocycles. The first-order valence-electron chi connectivity index (χ1n) is 16.8. The topological polar surface area (TPSA) is 144 Å². The maximum atomic E-state index is 10.6. The van der Waals surface area contributed by atoms with Crippen molar-refractivity contribution in [3.05, 3.63) is 212 Å². The lowest BCUT2D eigenvalue weighted by atomic mass is 10.0. The number of phenols is 4. The van der Waals surface area contributed by atoms with E-state index >= 15 is 0 Å². The third-order valence-electron chi connectivity index (χ3n) is 9.44. The Morgan fingerprint density at radius 3 is 0.750 bits per heavy atom. The van der Waals surface area contributed by atoms with Crippen LogP contribution in [-0.4, -0.2) is 40.4 Å². The minimum absolute atomic E-state index is 0.145. The normalized spacial score (nSPS) is 12.8. The maximum Gasteiger partial charge on any atom is 0.116 e. The van der Waals surface area contributed by atoms with E-state index in [0.717, 1.165) is 88.7 Å². The molecule has 0 saturated carbocycles. The molecule has 8 nitrogen and oxygen atoms in total. The Bertz CT molecular complexity index is 2530. The predicted octanol–water partition coefficient (Wildman–Crippen LogP) is 5.12. The first kappa shape index (κ1) is 30.7. The molecule has 0 fully saturated rings. The molecule has 52 heavy (non-hydrogen) atoms. The number of hydrogen-bond acceptors (Lipinski definition) is 4. The fourth-order valence-electron chi connectivity index (χ4n) is 7.22. The van der Waals surface area contributed by atoms with Gasteiger partial charge in [0, 0.05) is 66.5 Å². The van der Waals surface area contributed by atoms with Gasteiger partial charge in [-0.2, -0.15) is 0 Å². The highest BCUT2D eigenvalue weighted by Gasteiger charge is 2.19. The van der Waals surface area contributed by atoms with Crippen LogP contribution in [-0.2, 0) is 0 Å². The molecule has 5 heterocycles. The molecule has 1 aliphatic rings. The molecule has 0 amide bonds. The van der Waals surface area contributed by atoms with Crippen molar-refractivity contribution in [2.24, 2.45) is 0 Å². The molecule has 1 aliphatic heterocycles. The van der Waals surface area contributed by atoms with Crippen LogP contribution < -0.4 is 21.4 Å². The number of fused-ring (bicyclic) bond motifs is 8. The Morgan fingerprint density at radius 2 is 0.519 bits per heavy atom. The Morgan fingerprint density at radius 1 is 0.269 bits per heavy atom. The highest BCUT2D eigenvalue weighted by molar-refractivity contribution is 5.85. The lowest BCUT2D eigenvalue weighted by molar-refractivity contribution is 0.474. The third-order valence-corrected chi connectivity index (χ3v) is 9.44. The van der Waals surface area contributed by atoms with E-state index in [1.165, 1.54) is 0 Å². The quantitative estimate of drug-likeness (QED) is 0.131. The minimum Gasteiger partial charge on any atom is -0.508 e. The van der Waals surface area contributed by atoms with E-state index in [1.54, 1.807) is 48.5 Å². The highest BCUT2D eigenvalue weighted by Crippen LogP contribution is 2.30. The zero-order valence-electron chi connectivity index (χ0n) is 27.6. The number of hydrogen-bond donors (Lipinski definition) is 8. The molecule has 0 unspecified atom stereocenters. The molecule has 0 radical (unpaired) electrons. The molecule has 252 valence electrons. The molecule has 0 atom stereocenters. The van der Waals surface area contributed by atoms with Gasteiger partial charge in [0.1, 0.15) is 23.0 Å². The van der Waals surface area contributed by atoms with Gasteiger partial charge in [-0.05, 0) is 119 Å². The van der Waals surface area contributed by atoms with E-state index in [1.807, 2.05) is 97.1 Å². The SMILES string of the molecule is Oc1cccc(C2=c3ccc([nH]3)=C(c3cccc(O)c3)c3ccc([nH]3)C(c3cccc(O)c3)=c3ccc([nH]3)=C(c3cccc(O)c3)c3ccc2[nH]3)c1. The molecule has 8 heteroatoms. The Labute approximate surface area is 297 Å². The number of benzene rings is 4. The van der Waals surface area contributed by atoms with Crippen LogP contribution in [0, 0.1) is 0 Å². The van der Waals surface area contributed by atoms with E-state index in [9.17, 15) is 20.4 Å². The van der Waals surface area contributed by atoms with Crippen molar-refractivity contribution in [3.8, 4) is 23.0 Å². The first-order valence-corrected chi connectivity index (χ1v) is 16.8. The van der Waals surface area contributed by atoms with Gasteiger partial charge in [0.2, 0.25) is 0 Å². The van der Waals surface area contributed by atoms with Crippen LogP contribution in [0.5, 0.6) is 23.0 Å². The van der Waals surface area contributed by atoms with Gasteiger partial charge in [-0.3, -0.25) is 0 Å². The van der Waals surface area contributed by atoms with Gasteiger partial charge in [0.25, 0.3) is 0 Å². The smallest absolute Gasteiger partial charge is 0.116 e. The van der Waals surface area contributed by atoms with E-state index < -0.39 is 0 Å². The fraction of sp³-hybridized carbons (Fsp3) is 0. The summed E-state index contributed by atoms with van der Waals surface area (Å²) in [7, 11) is 0. The van der Waals surface area contributed by atoms with Crippen LogP contribution in [0.2, 0.25) is 0 Å². The van der Waals surface area contributed by atoms with Crippen LogP contribution in [0.25, 0.3) is 22.3 Å². The molecule has 8 aromatic rings. The van der Waals surface area contributed by atoms with E-state index in [2.05, 4.69) is 19.9 Å². The number of aromatic amines is 4. The van der Waals surface area contributed by atoms with Crippen LogP contribution in [0.3, 0.4) is 0 Å². The van der Waals surface area contributed by atoms with Crippen molar-refractivity contribution in [2.75, 3.05) is 0 Å². The summed E-state index contributed by atoms with van der Waals surface area (Å²) in [5.41, 5.74) is 9.77. The summed E-state index contributed by atoms with van der Waals surface area (Å²) in [6.45, 7) is 0. The highest BCUT2D eigenvalue weighted by atomic mass is 16.3. The van der Waals surface area contributed by atoms with E-state index in [-0.39, 0.29) is 23.0 Å². The molecule has 9 rings (SSSR count). The largest absolute Gasteiger partial charge is 0.508 e. The third kappa shape index (κ3) is 5.45. The Balaban J connectivity index is 1.45. The minimum atomic E-state index is 0.145. The average molecular weight is 681 g/mol. The monoisotopic (exact) mass is 680 g/mol. The predicted molar refractivity (Wildman–Crippen MR) is 201 cm³/mol. The standard InChI is InChI=1S/C44H32N4O4/c49-29-9-1-5-25(21-29)41-33-13-15-35(45-33)42(26-6-2-10-30(50)22-26)37-17-19-39(47-37)44(28-8-4-12-32(52)24-28)40-20-18-38(48-40)43(36-16-14-34(41)46-36)27-7-3-11-31(51)23-27/h1-24,45-52H. The van der Waals surface area contributed by atoms with Crippen molar-refractivity contribution in [1.29, 1.82) is 0 Å². The van der Waals surface area contributed by atoms with Gasteiger partial charge < -0.3 is 40.4 Å². The second-order valence-corrected chi connectivity index (χ2v) is 12.8. The molecule has 0 saturated heterocycles. The van der Waals surface area contributed by atoms with Gasteiger partial charge in [-0.25, -0.2) is 0 Å². The molecule has 0 spiro atoms. The summed E-state index contributed by atoms with van der Waals surface area (Å²) < 4.78 is 0. The molecule has 0 aliphatic carbocycles. The second kappa shape index (κ2) is 12.2. The van der Waals surface area contributed by atoms with Crippen molar-refractivity contribution >= 4 is 22.3 Å². The Kier molecular flexibility index (Phi) is 7.22. The second-order valence-electron chi connectivity index (χ2n) is 12.8. The lowest BCUT2D eigenvalue weighted by Crippen LogP contribution is -2.19. The van der Waals surface area contributed by atoms with Crippen LogP contribution in [0.4, 0.5) is 0 Å². The summed E-state index contributed by atoms with van der Waals surface area (Å²) in [4.78, 5) is 14.7. The number of phenolic OH excluding ortho intramolecular Hbond substituents is 4. The van der Waals surface area contributed by atoms with Crippen LogP contribution in [0.1, 0.15) is 45.0 Å². The first-order chi connectivity index (χ1) is 25.4. The number of aromatic hydroxyl groups is 4. The van der Waals surface area contributed by atoms with Gasteiger partial charge in [-0.1, -0.05) is 48.5 Å². The van der Waals surface area contributed by atoms with Gasteiger partial charge in [-0.15, -0.1) is 0 Å². The fourth-order valence-corrected chi connectivity index (χ4v) is 7.22. The van der Waals surface area contributed by atoms with Crippen molar-refractivity contribution in [2.45, 2.75) is 0 Å². The number of H-pyrrole nitrogens is 4. The van der Waals surface area contributed by atoms with Crippen LogP contribution in [0.15, 0.2) is 146 Å². The summed E-state index contributed by atoms with van der Waals surface area (Å²) in [6.07, 6.45) is 0. The number of nitrogens with one attached hydrogen (secondary N) is 4. The molecule has 8 N–H and O–H groups in total. The lowest BCUT2D eigenvalue weighted by Gasteiger charge is -2.10. The zero-order valence-corrected chi connectivity index (χ0v) is 27.6. The summed E-state index contributed by atoms with van der Waals surface area (Å²) in [6, 6.07) is 44.8. The summed E-state index contributed by atoms with van der Waals surface area (Å²) >= 11 is 0. The van der Waals surface area contributed by atoms with Gasteiger partial charge in [0.05, 0.1) is 0 Å². The average Bonchev–Trinajstić information content (AvgIpc) is 3.96. The van der Waals surface area contributed by atoms with Gasteiger partial charge >= 0.3 is 0 Å². The summed E-state index contributed by atoms with van der Waals surface area (Å²) in [5, 5.41) is 45.5. The van der Waals surface area contributed by atoms with E-state index in [0.29, 0.717) is 0 Å². The molecular weight excluding hydrogens is 649 g/mol. The van der Waals surface area contributed by atoms with Crippen LogP contribution >= 0.6 is 0 Å². The molecule has 4 aromatic carbocycles. The maximum absolute atomic E-state index is 10.6. The van der Waals surface area contributed by atoms with Crippen molar-refractivity contribution in [1.82, 2.24) is 19.9 Å². The van der Waals surface area contributed by atoms with Gasteiger partial charge in [0.15, 0.2) is 0 Å².